The highest BCUT2D eigenvalue weighted by Gasteiger charge is 2.38. The van der Waals surface area contributed by atoms with E-state index in [4.69, 9.17) is 4.74 Å². The fourth-order valence-electron chi connectivity index (χ4n) is 1.91. The molecule has 0 aromatic heterocycles. The molecule has 3 heteroatoms. The number of piperidine rings is 1. The van der Waals surface area contributed by atoms with Gasteiger partial charge >= 0.3 is 5.97 Å². The third kappa shape index (κ3) is 2.71. The highest BCUT2D eigenvalue weighted by molar-refractivity contribution is 5.77. The van der Waals surface area contributed by atoms with E-state index in [-0.39, 0.29) is 23.5 Å². The maximum absolute atomic E-state index is 11.7. The fourth-order valence-corrected chi connectivity index (χ4v) is 1.91. The topological polar surface area (TPSA) is 38.3 Å². The summed E-state index contributed by atoms with van der Waals surface area (Å²) in [6, 6.07) is -0.140. The number of carbonyl (C=O) groups excluding carboxylic acids is 1. The van der Waals surface area contributed by atoms with Crippen molar-refractivity contribution in [1.82, 2.24) is 5.32 Å². The molecule has 0 aromatic rings. The molecule has 0 aromatic carbocycles. The van der Waals surface area contributed by atoms with Crippen LogP contribution in [0.4, 0.5) is 0 Å². The van der Waals surface area contributed by atoms with Crippen molar-refractivity contribution >= 4 is 5.97 Å². The number of carbonyl (C=O) groups is 1. The minimum Gasteiger partial charge on any atom is -0.462 e. The van der Waals surface area contributed by atoms with Gasteiger partial charge in [0.25, 0.3) is 0 Å². The quantitative estimate of drug-likeness (QED) is 0.688. The first kappa shape index (κ1) is 11.5. The highest BCUT2D eigenvalue weighted by atomic mass is 16.5. The Morgan fingerprint density at radius 3 is 2.64 bits per heavy atom. The molecule has 1 heterocycles. The summed E-state index contributed by atoms with van der Waals surface area (Å²) in [6.45, 7) is 8.92. The molecular formula is C11H21NO2. The first-order valence-corrected chi connectivity index (χ1v) is 5.37. The van der Waals surface area contributed by atoms with Crippen LogP contribution in [0.5, 0.6) is 0 Å². The van der Waals surface area contributed by atoms with Crippen molar-refractivity contribution in [3.8, 4) is 0 Å². The predicted octanol–water partition coefficient (Wildman–Crippen LogP) is 1.72. The Morgan fingerprint density at radius 1 is 1.50 bits per heavy atom. The zero-order chi connectivity index (χ0) is 10.8. The largest absolute Gasteiger partial charge is 0.462 e. The molecule has 0 amide bonds. The first-order valence-electron chi connectivity index (χ1n) is 5.37. The normalized spacial score (nSPS) is 26.2. The molecule has 14 heavy (non-hydrogen) atoms. The lowest BCUT2D eigenvalue weighted by molar-refractivity contribution is -0.154. The molecule has 3 nitrogen and oxygen atoms in total. The van der Waals surface area contributed by atoms with Crippen molar-refractivity contribution in [3.05, 3.63) is 0 Å². The number of rotatable bonds is 2. The van der Waals surface area contributed by atoms with Crippen LogP contribution >= 0.6 is 0 Å². The van der Waals surface area contributed by atoms with Crippen molar-refractivity contribution in [3.63, 3.8) is 0 Å². The van der Waals surface area contributed by atoms with E-state index in [0.29, 0.717) is 0 Å². The van der Waals surface area contributed by atoms with Crippen molar-refractivity contribution in [2.75, 3.05) is 6.54 Å². The second kappa shape index (κ2) is 4.30. The summed E-state index contributed by atoms with van der Waals surface area (Å²) >= 11 is 0. The molecule has 1 rings (SSSR count). The maximum Gasteiger partial charge on any atom is 0.323 e. The van der Waals surface area contributed by atoms with E-state index in [2.05, 4.69) is 19.2 Å². The summed E-state index contributed by atoms with van der Waals surface area (Å²) in [4.78, 5) is 11.7. The number of nitrogens with one attached hydrogen (secondary N) is 1. The van der Waals surface area contributed by atoms with E-state index in [1.807, 2.05) is 13.8 Å². The van der Waals surface area contributed by atoms with E-state index in [1.54, 1.807) is 0 Å². The Bertz CT molecular complexity index is 211. The standard InChI is InChI=1S/C11H21NO2/c1-8(2)14-10(13)9-11(3,4)6-5-7-12-9/h8-9,12H,5-7H2,1-4H3. The van der Waals surface area contributed by atoms with Crippen molar-refractivity contribution < 1.29 is 9.53 Å². The molecule has 1 fully saturated rings. The Balaban J connectivity index is 2.60. The molecule has 82 valence electrons. The van der Waals surface area contributed by atoms with Gasteiger partial charge in [-0.1, -0.05) is 13.8 Å². The lowest BCUT2D eigenvalue weighted by Gasteiger charge is -2.37. The molecule has 1 saturated heterocycles. The van der Waals surface area contributed by atoms with Gasteiger partial charge in [0.1, 0.15) is 6.04 Å². The van der Waals surface area contributed by atoms with Gasteiger partial charge in [-0.2, -0.15) is 0 Å². The Hall–Kier alpha value is -0.570. The zero-order valence-electron chi connectivity index (χ0n) is 9.59. The first-order chi connectivity index (χ1) is 6.43. The molecule has 0 bridgehead atoms. The Labute approximate surface area is 86.2 Å². The zero-order valence-corrected chi connectivity index (χ0v) is 9.59. The van der Waals surface area contributed by atoms with E-state index < -0.39 is 0 Å². The second-order valence-electron chi connectivity index (χ2n) is 4.96. The van der Waals surface area contributed by atoms with Crippen molar-refractivity contribution in [2.24, 2.45) is 5.41 Å². The lowest BCUT2D eigenvalue weighted by Crippen LogP contribution is -2.52. The van der Waals surface area contributed by atoms with Crippen LogP contribution < -0.4 is 5.32 Å². The number of ether oxygens (including phenoxy) is 1. The predicted molar refractivity (Wildman–Crippen MR) is 56.0 cm³/mol. The molecule has 0 aliphatic carbocycles. The van der Waals surface area contributed by atoms with Gasteiger partial charge < -0.3 is 10.1 Å². The monoisotopic (exact) mass is 199 g/mol. The van der Waals surface area contributed by atoms with Crippen LogP contribution in [-0.4, -0.2) is 24.7 Å². The van der Waals surface area contributed by atoms with Gasteiger partial charge in [0.2, 0.25) is 0 Å². The Kier molecular flexibility index (Phi) is 3.53. The number of esters is 1. The molecule has 0 radical (unpaired) electrons. The molecule has 1 N–H and O–H groups in total. The van der Waals surface area contributed by atoms with Crippen LogP contribution in [0.2, 0.25) is 0 Å². The van der Waals surface area contributed by atoms with Crippen LogP contribution in [0.3, 0.4) is 0 Å². The van der Waals surface area contributed by atoms with E-state index in [9.17, 15) is 4.79 Å². The van der Waals surface area contributed by atoms with Crippen LogP contribution in [0.25, 0.3) is 0 Å². The molecule has 1 unspecified atom stereocenters. The number of hydrogen-bond donors (Lipinski definition) is 1. The van der Waals surface area contributed by atoms with Gasteiger partial charge in [-0.15, -0.1) is 0 Å². The van der Waals surface area contributed by atoms with Gasteiger partial charge in [-0.25, -0.2) is 0 Å². The summed E-state index contributed by atoms with van der Waals surface area (Å²) in [6.07, 6.45) is 2.19. The van der Waals surface area contributed by atoms with Crippen LogP contribution in [0, 0.1) is 5.41 Å². The summed E-state index contributed by atoms with van der Waals surface area (Å²) in [5.74, 6) is -0.107. The molecule has 0 saturated carbocycles. The molecule has 1 aliphatic heterocycles. The number of hydrogen-bond acceptors (Lipinski definition) is 3. The van der Waals surface area contributed by atoms with Gasteiger partial charge in [0, 0.05) is 0 Å². The molecule has 1 aliphatic rings. The highest BCUT2D eigenvalue weighted by Crippen LogP contribution is 2.30. The lowest BCUT2D eigenvalue weighted by atomic mass is 9.77. The van der Waals surface area contributed by atoms with Gasteiger partial charge in [0.15, 0.2) is 0 Å². The van der Waals surface area contributed by atoms with Crippen LogP contribution in [0.1, 0.15) is 40.5 Å². The summed E-state index contributed by atoms with van der Waals surface area (Å²) in [7, 11) is 0. The summed E-state index contributed by atoms with van der Waals surface area (Å²) < 4.78 is 5.22. The third-order valence-electron chi connectivity index (χ3n) is 2.72. The summed E-state index contributed by atoms with van der Waals surface area (Å²) in [5.41, 5.74) is 0.0181. The third-order valence-corrected chi connectivity index (χ3v) is 2.72. The minimum absolute atomic E-state index is 0.0181. The van der Waals surface area contributed by atoms with Crippen LogP contribution in [0.15, 0.2) is 0 Å². The van der Waals surface area contributed by atoms with Gasteiger partial charge in [0.05, 0.1) is 6.10 Å². The van der Waals surface area contributed by atoms with Crippen molar-refractivity contribution in [1.29, 1.82) is 0 Å². The van der Waals surface area contributed by atoms with E-state index in [1.165, 1.54) is 0 Å². The fraction of sp³-hybridized carbons (Fsp3) is 0.909. The van der Waals surface area contributed by atoms with Gasteiger partial charge in [-0.05, 0) is 38.6 Å². The van der Waals surface area contributed by atoms with E-state index >= 15 is 0 Å². The molecule has 0 spiro atoms. The Morgan fingerprint density at radius 2 is 2.14 bits per heavy atom. The minimum atomic E-state index is -0.140. The average Bonchev–Trinajstić information content (AvgIpc) is 2.01. The van der Waals surface area contributed by atoms with Crippen molar-refractivity contribution in [2.45, 2.75) is 52.7 Å². The molecule has 1 atom stereocenters. The SMILES string of the molecule is CC(C)OC(=O)C1NCCCC1(C)C. The van der Waals surface area contributed by atoms with Crippen LogP contribution in [-0.2, 0) is 9.53 Å². The van der Waals surface area contributed by atoms with E-state index in [0.717, 1.165) is 19.4 Å². The smallest absolute Gasteiger partial charge is 0.323 e. The van der Waals surface area contributed by atoms with Gasteiger partial charge in [-0.3, -0.25) is 4.79 Å². The maximum atomic E-state index is 11.7. The average molecular weight is 199 g/mol. The molecular weight excluding hydrogens is 178 g/mol. The second-order valence-corrected chi connectivity index (χ2v) is 4.96. The summed E-state index contributed by atoms with van der Waals surface area (Å²) in [5, 5.41) is 3.24.